The Morgan fingerprint density at radius 3 is 2.31 bits per heavy atom. The summed E-state index contributed by atoms with van der Waals surface area (Å²) in [4.78, 5) is 28.2. The van der Waals surface area contributed by atoms with Crippen LogP contribution in [0.2, 0.25) is 10.0 Å². The summed E-state index contributed by atoms with van der Waals surface area (Å²) < 4.78 is 40.2. The fraction of sp³-hybridized carbons (Fsp3) is 0.176. The molecule has 1 amide bonds. The number of benzene rings is 3. The van der Waals surface area contributed by atoms with Gasteiger partial charge >= 0.3 is 5.97 Å². The molecular weight excluding hydrogens is 635 g/mol. The molecule has 4 aromatic rings. The maximum Gasteiger partial charge on any atom is 0.340 e. The predicted octanol–water partition coefficient (Wildman–Crippen LogP) is 7.55. The average Bonchev–Trinajstić information content (AvgIpc) is 3.56. The van der Waals surface area contributed by atoms with E-state index in [-0.39, 0.29) is 41.5 Å². The molecule has 5 rings (SSSR count). The maximum absolute atomic E-state index is 13.8. The van der Waals surface area contributed by atoms with Gasteiger partial charge in [-0.25, -0.2) is 13.2 Å². The number of para-hydroxylation sites is 1. The minimum Gasteiger partial charge on any atom is -0.462 e. The highest BCUT2D eigenvalue weighted by Crippen LogP contribution is 2.36. The summed E-state index contributed by atoms with van der Waals surface area (Å²) in [6, 6.07) is 23.7. The summed E-state index contributed by atoms with van der Waals surface area (Å²) >= 11 is 12.3. The predicted molar refractivity (Wildman–Crippen MR) is 174 cm³/mol. The highest BCUT2D eigenvalue weighted by Gasteiger charge is 2.38. The first kappa shape index (κ1) is 32.2. The van der Waals surface area contributed by atoms with Crippen LogP contribution in [0.3, 0.4) is 0 Å². The van der Waals surface area contributed by atoms with E-state index >= 15 is 0 Å². The topological polar surface area (TPSA) is 97.1 Å². The van der Waals surface area contributed by atoms with Gasteiger partial charge in [-0.2, -0.15) is 4.31 Å². The Morgan fingerprint density at radius 2 is 1.64 bits per heavy atom. The van der Waals surface area contributed by atoms with E-state index in [9.17, 15) is 18.0 Å². The van der Waals surface area contributed by atoms with E-state index in [0.717, 1.165) is 5.56 Å². The number of anilines is 1. The second kappa shape index (κ2) is 13.5. The molecule has 0 radical (unpaired) electrons. The van der Waals surface area contributed by atoms with Gasteiger partial charge in [0.05, 0.1) is 39.2 Å². The largest absolute Gasteiger partial charge is 0.462 e. The molecule has 0 fully saturated rings. The summed E-state index contributed by atoms with van der Waals surface area (Å²) in [5.74, 6) is -0.457. The van der Waals surface area contributed by atoms with Gasteiger partial charge in [0.1, 0.15) is 11.5 Å². The van der Waals surface area contributed by atoms with Crippen LogP contribution in [0.15, 0.2) is 111 Å². The number of hydrogen-bond acceptors (Lipinski definition) is 6. The van der Waals surface area contributed by atoms with Gasteiger partial charge in [-0.05, 0) is 80.9 Å². The van der Waals surface area contributed by atoms with E-state index in [0.29, 0.717) is 32.8 Å². The van der Waals surface area contributed by atoms with Crippen molar-refractivity contribution in [1.29, 1.82) is 0 Å². The number of ether oxygens (including phenoxy) is 1. The molecule has 0 atom stereocenters. The van der Waals surface area contributed by atoms with Crippen molar-refractivity contribution in [3.05, 3.63) is 134 Å². The molecule has 0 saturated carbocycles. The van der Waals surface area contributed by atoms with Gasteiger partial charge in [-0.3, -0.25) is 9.69 Å². The fourth-order valence-electron chi connectivity index (χ4n) is 4.97. The number of allylic oxidation sites excluding steroid dienone is 1. The van der Waals surface area contributed by atoms with Crippen molar-refractivity contribution in [3.63, 3.8) is 0 Å². The Labute approximate surface area is 272 Å². The standard InChI is InChI=1S/C34H30Cl2N2O6S/c1-4-43-34(40)32-23(3)38(25-8-6-5-7-9-25)33(39)29(32)19-26-13-14-27(44-26)21-37(20-24-12-17-30(35)31(36)18-24)45(41,42)28-15-10-22(2)11-16-28/h5-19H,4,20-21H2,1-3H3/b29-19+. The number of rotatable bonds is 10. The van der Waals surface area contributed by atoms with Gasteiger partial charge in [0.2, 0.25) is 10.0 Å². The van der Waals surface area contributed by atoms with Gasteiger partial charge in [0.25, 0.3) is 5.91 Å². The Hall–Kier alpha value is -4.15. The number of carbonyl (C=O) groups is 2. The minimum absolute atomic E-state index is 0.0102. The van der Waals surface area contributed by atoms with Crippen molar-refractivity contribution in [2.45, 2.75) is 38.8 Å². The number of aryl methyl sites for hydroxylation is 1. The molecule has 2 heterocycles. The number of sulfonamides is 1. The normalized spacial score (nSPS) is 14.6. The third kappa shape index (κ3) is 6.92. The van der Waals surface area contributed by atoms with Crippen molar-refractivity contribution in [2.75, 3.05) is 11.5 Å². The molecule has 1 aliphatic heterocycles. The van der Waals surface area contributed by atoms with Crippen LogP contribution in [0.1, 0.15) is 36.5 Å². The minimum atomic E-state index is -3.98. The average molecular weight is 666 g/mol. The van der Waals surface area contributed by atoms with Crippen LogP contribution in [-0.4, -0.2) is 31.2 Å². The van der Waals surface area contributed by atoms with E-state index in [1.165, 1.54) is 15.3 Å². The molecule has 45 heavy (non-hydrogen) atoms. The quantitative estimate of drug-likeness (QED) is 0.128. The smallest absolute Gasteiger partial charge is 0.340 e. The number of furan rings is 1. The molecule has 0 spiro atoms. The van der Waals surface area contributed by atoms with Crippen LogP contribution < -0.4 is 4.90 Å². The first-order chi connectivity index (χ1) is 21.5. The molecule has 0 bridgehead atoms. The zero-order valence-electron chi connectivity index (χ0n) is 24.8. The molecule has 0 unspecified atom stereocenters. The zero-order valence-corrected chi connectivity index (χ0v) is 27.1. The second-order valence-electron chi connectivity index (χ2n) is 10.4. The molecule has 3 aromatic carbocycles. The lowest BCUT2D eigenvalue weighted by molar-refractivity contribution is -0.138. The molecule has 0 saturated heterocycles. The van der Waals surface area contributed by atoms with Crippen LogP contribution in [0, 0.1) is 6.92 Å². The highest BCUT2D eigenvalue weighted by molar-refractivity contribution is 7.89. The number of nitrogens with zero attached hydrogens (tertiary/aromatic N) is 2. The van der Waals surface area contributed by atoms with Crippen molar-refractivity contribution < 1.29 is 27.2 Å². The van der Waals surface area contributed by atoms with E-state index in [1.807, 2.05) is 13.0 Å². The molecule has 1 aliphatic rings. The third-order valence-corrected chi connectivity index (χ3v) is 9.74. The number of esters is 1. The van der Waals surface area contributed by atoms with Crippen molar-refractivity contribution >= 4 is 56.9 Å². The summed E-state index contributed by atoms with van der Waals surface area (Å²) in [5.41, 5.74) is 2.82. The van der Waals surface area contributed by atoms with Gasteiger partial charge in [-0.1, -0.05) is 65.2 Å². The lowest BCUT2D eigenvalue weighted by Crippen LogP contribution is -2.30. The van der Waals surface area contributed by atoms with Gasteiger partial charge in [0, 0.05) is 17.9 Å². The van der Waals surface area contributed by atoms with Crippen LogP contribution in [0.4, 0.5) is 5.69 Å². The molecule has 0 aliphatic carbocycles. The SMILES string of the molecule is CCOC(=O)C1=C(C)N(c2ccccc2)C(=O)/C1=C/c1ccc(CN(Cc2ccc(Cl)c(Cl)c2)S(=O)(=O)c2ccc(C)cc2)o1. The van der Waals surface area contributed by atoms with E-state index < -0.39 is 21.9 Å². The molecule has 0 N–H and O–H groups in total. The molecule has 11 heteroatoms. The van der Waals surface area contributed by atoms with Crippen molar-refractivity contribution in [1.82, 2.24) is 4.31 Å². The molecule has 1 aromatic heterocycles. The van der Waals surface area contributed by atoms with Crippen LogP contribution in [-0.2, 0) is 37.4 Å². The number of halogens is 2. The van der Waals surface area contributed by atoms with Gasteiger partial charge < -0.3 is 9.15 Å². The number of amides is 1. The van der Waals surface area contributed by atoms with E-state index in [4.69, 9.17) is 32.4 Å². The summed E-state index contributed by atoms with van der Waals surface area (Å²) in [7, 11) is -3.98. The van der Waals surface area contributed by atoms with Gasteiger partial charge in [0.15, 0.2) is 0 Å². The van der Waals surface area contributed by atoms with E-state index in [1.54, 1.807) is 92.7 Å². The summed E-state index contributed by atoms with van der Waals surface area (Å²) in [5, 5.41) is 0.663. The Kier molecular flexibility index (Phi) is 9.65. The molecular formula is C34H30Cl2N2O6S. The zero-order chi connectivity index (χ0) is 32.3. The lowest BCUT2D eigenvalue weighted by Gasteiger charge is -2.22. The summed E-state index contributed by atoms with van der Waals surface area (Å²) in [6.45, 7) is 5.25. The molecule has 232 valence electrons. The van der Waals surface area contributed by atoms with Crippen LogP contribution >= 0.6 is 23.2 Å². The maximum atomic E-state index is 13.8. The number of carbonyl (C=O) groups excluding carboxylic acids is 2. The Bertz CT molecular complexity index is 1920. The molecule has 8 nitrogen and oxygen atoms in total. The van der Waals surface area contributed by atoms with E-state index in [2.05, 4.69) is 0 Å². The first-order valence-electron chi connectivity index (χ1n) is 14.1. The Balaban J connectivity index is 1.49. The second-order valence-corrected chi connectivity index (χ2v) is 13.1. The Morgan fingerprint density at radius 1 is 0.933 bits per heavy atom. The van der Waals surface area contributed by atoms with Crippen molar-refractivity contribution in [3.8, 4) is 0 Å². The number of hydrogen-bond donors (Lipinski definition) is 0. The summed E-state index contributed by atoms with van der Waals surface area (Å²) in [6.07, 6.45) is 1.47. The lowest BCUT2D eigenvalue weighted by atomic mass is 10.1. The highest BCUT2D eigenvalue weighted by atomic mass is 35.5. The first-order valence-corrected chi connectivity index (χ1v) is 16.3. The van der Waals surface area contributed by atoms with Crippen molar-refractivity contribution in [2.24, 2.45) is 0 Å². The monoisotopic (exact) mass is 664 g/mol. The third-order valence-electron chi connectivity index (χ3n) is 7.20. The van der Waals surface area contributed by atoms with Gasteiger partial charge in [-0.15, -0.1) is 0 Å². The fourth-order valence-corrected chi connectivity index (χ4v) is 6.68. The van der Waals surface area contributed by atoms with Crippen LogP contribution in [0.5, 0.6) is 0 Å². The van der Waals surface area contributed by atoms with Crippen LogP contribution in [0.25, 0.3) is 6.08 Å².